The van der Waals surface area contributed by atoms with Crippen LogP contribution in [-0.2, 0) is 19.1 Å². The van der Waals surface area contributed by atoms with Crippen LogP contribution in [0.2, 0.25) is 5.02 Å². The first kappa shape index (κ1) is 18.2. The molecule has 22 heavy (non-hydrogen) atoms. The van der Waals surface area contributed by atoms with Crippen molar-refractivity contribution in [1.82, 2.24) is 0 Å². The van der Waals surface area contributed by atoms with Crippen molar-refractivity contribution in [2.24, 2.45) is 5.41 Å². The molecule has 0 spiro atoms. The molecule has 0 aliphatic rings. The van der Waals surface area contributed by atoms with E-state index in [1.807, 2.05) is 20.8 Å². The largest absolute Gasteiger partial charge is 0.462 e. The molecule has 1 aromatic carbocycles. The minimum Gasteiger partial charge on any atom is -0.462 e. The highest BCUT2D eigenvalue weighted by Gasteiger charge is 2.26. The molecule has 1 rings (SSSR count). The molecule has 0 bridgehead atoms. The Morgan fingerprint density at radius 1 is 1.14 bits per heavy atom. The van der Waals surface area contributed by atoms with Crippen LogP contribution in [0.3, 0.4) is 0 Å². The van der Waals surface area contributed by atoms with Gasteiger partial charge in [0, 0.05) is 11.1 Å². The molecule has 5 heteroatoms. The highest BCUT2D eigenvalue weighted by Crippen LogP contribution is 2.21. The lowest BCUT2D eigenvalue weighted by Crippen LogP contribution is -2.27. The van der Waals surface area contributed by atoms with Crippen LogP contribution in [0.1, 0.15) is 32.8 Å². The van der Waals surface area contributed by atoms with Crippen LogP contribution in [0.15, 0.2) is 30.3 Å². The van der Waals surface area contributed by atoms with Gasteiger partial charge >= 0.3 is 11.9 Å². The third-order valence-electron chi connectivity index (χ3n) is 3.28. The molecular weight excluding hydrogens is 304 g/mol. The fraction of sp³-hybridized carbons (Fsp3) is 0.412. The number of rotatable bonds is 7. The summed E-state index contributed by atoms with van der Waals surface area (Å²) in [5.74, 6) is -0.775. The van der Waals surface area contributed by atoms with Crippen molar-refractivity contribution in [2.75, 3.05) is 13.2 Å². The van der Waals surface area contributed by atoms with Crippen LogP contribution in [0.25, 0.3) is 6.08 Å². The number of esters is 2. The van der Waals surface area contributed by atoms with Gasteiger partial charge in [-0.05, 0) is 44.0 Å². The van der Waals surface area contributed by atoms with Gasteiger partial charge in [0.15, 0.2) is 0 Å². The summed E-state index contributed by atoms with van der Waals surface area (Å²) in [6, 6.07) is 7.06. The van der Waals surface area contributed by atoms with E-state index in [9.17, 15) is 9.59 Å². The first-order chi connectivity index (χ1) is 10.3. The van der Waals surface area contributed by atoms with Gasteiger partial charge in [0.2, 0.25) is 0 Å². The summed E-state index contributed by atoms with van der Waals surface area (Å²) < 4.78 is 10.0. The van der Waals surface area contributed by atoms with Gasteiger partial charge in [0.05, 0.1) is 5.41 Å². The van der Waals surface area contributed by atoms with Crippen LogP contribution >= 0.6 is 11.6 Å². The second kappa shape index (κ2) is 8.59. The van der Waals surface area contributed by atoms with E-state index in [1.54, 1.807) is 30.3 Å². The van der Waals surface area contributed by atoms with E-state index in [0.29, 0.717) is 11.4 Å². The predicted octanol–water partition coefficient (Wildman–Crippen LogP) is 3.88. The topological polar surface area (TPSA) is 52.6 Å². The Balaban J connectivity index is 2.29. The molecule has 4 nitrogen and oxygen atoms in total. The van der Waals surface area contributed by atoms with Crippen LogP contribution in [0, 0.1) is 5.41 Å². The van der Waals surface area contributed by atoms with Gasteiger partial charge in [-0.2, -0.15) is 0 Å². The molecule has 0 N–H and O–H groups in total. The van der Waals surface area contributed by atoms with Crippen molar-refractivity contribution in [3.8, 4) is 0 Å². The molecule has 0 aliphatic heterocycles. The molecular formula is C17H21ClO4. The zero-order valence-corrected chi connectivity index (χ0v) is 13.9. The lowest BCUT2D eigenvalue weighted by molar-refractivity contribution is -0.157. The van der Waals surface area contributed by atoms with Crippen LogP contribution in [-0.4, -0.2) is 25.2 Å². The smallest absolute Gasteiger partial charge is 0.330 e. The number of halogens is 1. The quantitative estimate of drug-likeness (QED) is 0.434. The van der Waals surface area contributed by atoms with Gasteiger partial charge in [0.25, 0.3) is 0 Å². The van der Waals surface area contributed by atoms with Gasteiger partial charge in [-0.1, -0.05) is 30.7 Å². The Labute approximate surface area is 136 Å². The number of ether oxygens (including phenoxy) is 2. The molecule has 1 aromatic rings. The average Bonchev–Trinajstić information content (AvgIpc) is 2.50. The highest BCUT2D eigenvalue weighted by molar-refractivity contribution is 6.30. The number of hydrogen-bond donors (Lipinski definition) is 0. The van der Waals surface area contributed by atoms with Gasteiger partial charge in [-0.25, -0.2) is 4.79 Å². The molecule has 0 saturated carbocycles. The maximum Gasteiger partial charge on any atom is 0.330 e. The summed E-state index contributed by atoms with van der Waals surface area (Å²) >= 11 is 5.77. The van der Waals surface area contributed by atoms with E-state index in [1.165, 1.54) is 6.08 Å². The summed E-state index contributed by atoms with van der Waals surface area (Å²) in [7, 11) is 0. The van der Waals surface area contributed by atoms with Crippen molar-refractivity contribution >= 4 is 29.6 Å². The lowest BCUT2D eigenvalue weighted by Gasteiger charge is -2.20. The Hall–Kier alpha value is -1.81. The summed E-state index contributed by atoms with van der Waals surface area (Å²) in [6.07, 6.45) is 3.64. The summed E-state index contributed by atoms with van der Waals surface area (Å²) in [4.78, 5) is 23.2. The minimum atomic E-state index is -0.515. The fourth-order valence-corrected chi connectivity index (χ4v) is 1.53. The summed E-state index contributed by atoms with van der Waals surface area (Å²) in [5, 5.41) is 0.636. The van der Waals surface area contributed by atoms with Gasteiger partial charge in [0.1, 0.15) is 13.2 Å². The zero-order chi connectivity index (χ0) is 16.6. The van der Waals surface area contributed by atoms with Gasteiger partial charge in [-0.3, -0.25) is 4.79 Å². The predicted molar refractivity (Wildman–Crippen MR) is 86.5 cm³/mol. The molecule has 0 aliphatic carbocycles. The minimum absolute atomic E-state index is 0.0370. The van der Waals surface area contributed by atoms with Crippen molar-refractivity contribution in [3.63, 3.8) is 0 Å². The number of carbonyl (C=O) groups is 2. The average molecular weight is 325 g/mol. The highest BCUT2D eigenvalue weighted by atomic mass is 35.5. The number of hydrogen-bond acceptors (Lipinski definition) is 4. The van der Waals surface area contributed by atoms with E-state index in [4.69, 9.17) is 21.1 Å². The van der Waals surface area contributed by atoms with Gasteiger partial charge in [-0.15, -0.1) is 0 Å². The van der Waals surface area contributed by atoms with Crippen LogP contribution in [0.5, 0.6) is 0 Å². The Bertz CT molecular complexity index is 532. The molecule has 0 atom stereocenters. The van der Waals surface area contributed by atoms with E-state index in [-0.39, 0.29) is 19.2 Å². The second-order valence-electron chi connectivity index (χ2n) is 5.43. The maximum absolute atomic E-state index is 11.7. The lowest BCUT2D eigenvalue weighted by atomic mass is 9.91. The van der Waals surface area contributed by atoms with E-state index in [2.05, 4.69) is 0 Å². The summed E-state index contributed by atoms with van der Waals surface area (Å²) in [5.41, 5.74) is 0.330. The molecule has 0 radical (unpaired) electrons. The Morgan fingerprint density at radius 2 is 1.73 bits per heavy atom. The molecule has 0 fully saturated rings. The third-order valence-corrected chi connectivity index (χ3v) is 3.53. The molecule has 120 valence electrons. The van der Waals surface area contributed by atoms with Crippen LogP contribution < -0.4 is 0 Å². The van der Waals surface area contributed by atoms with Gasteiger partial charge < -0.3 is 9.47 Å². The summed E-state index contributed by atoms with van der Waals surface area (Å²) in [6.45, 7) is 5.65. The molecule has 0 amide bonds. The maximum atomic E-state index is 11.7. The number of carbonyl (C=O) groups excluding carboxylic acids is 2. The molecule has 0 heterocycles. The van der Waals surface area contributed by atoms with E-state index < -0.39 is 11.4 Å². The number of benzene rings is 1. The SMILES string of the molecule is CCC(C)(C)C(=O)OCCOC(=O)/C=C/c1ccc(Cl)cc1. The fourth-order valence-electron chi connectivity index (χ4n) is 1.40. The molecule has 0 unspecified atom stereocenters. The molecule has 0 saturated heterocycles. The first-order valence-electron chi connectivity index (χ1n) is 7.13. The van der Waals surface area contributed by atoms with Crippen molar-refractivity contribution in [1.29, 1.82) is 0 Å². The third kappa shape index (κ3) is 6.31. The van der Waals surface area contributed by atoms with E-state index >= 15 is 0 Å². The first-order valence-corrected chi connectivity index (χ1v) is 7.50. The standard InChI is InChI=1S/C17H21ClO4/c1-4-17(2,3)16(20)22-12-11-21-15(19)10-7-13-5-8-14(18)9-6-13/h5-10H,4,11-12H2,1-3H3/b10-7+. The van der Waals surface area contributed by atoms with Crippen molar-refractivity contribution in [2.45, 2.75) is 27.2 Å². The van der Waals surface area contributed by atoms with Crippen molar-refractivity contribution in [3.05, 3.63) is 40.9 Å². The molecule has 0 aromatic heterocycles. The Kier molecular flexibility index (Phi) is 7.12. The van der Waals surface area contributed by atoms with E-state index in [0.717, 1.165) is 5.56 Å². The zero-order valence-electron chi connectivity index (χ0n) is 13.1. The van der Waals surface area contributed by atoms with Crippen molar-refractivity contribution < 1.29 is 19.1 Å². The monoisotopic (exact) mass is 324 g/mol. The van der Waals surface area contributed by atoms with Crippen LogP contribution in [0.4, 0.5) is 0 Å². The Morgan fingerprint density at radius 3 is 2.32 bits per heavy atom. The normalized spacial score (nSPS) is 11.5. The second-order valence-corrected chi connectivity index (χ2v) is 5.86.